The van der Waals surface area contributed by atoms with Gasteiger partial charge in [0.05, 0.1) is 19.3 Å². The Kier molecular flexibility index (Phi) is 4.98. The van der Waals surface area contributed by atoms with Crippen LogP contribution in [-0.2, 0) is 9.53 Å². The summed E-state index contributed by atoms with van der Waals surface area (Å²) < 4.78 is 5.22. The van der Waals surface area contributed by atoms with Crippen molar-refractivity contribution in [3.8, 4) is 0 Å². The fourth-order valence-corrected chi connectivity index (χ4v) is 2.29. The average Bonchev–Trinajstić information content (AvgIpc) is 2.84. The quantitative estimate of drug-likeness (QED) is 0.661. The van der Waals surface area contributed by atoms with Gasteiger partial charge in [0, 0.05) is 39.3 Å². The van der Waals surface area contributed by atoms with Gasteiger partial charge in [0.1, 0.15) is 0 Å². The van der Waals surface area contributed by atoms with Crippen molar-refractivity contribution < 1.29 is 14.3 Å². The molecule has 0 aromatic rings. The van der Waals surface area contributed by atoms with Crippen LogP contribution in [-0.4, -0.2) is 80.3 Å². The minimum Gasteiger partial charge on any atom is -0.378 e. The second-order valence-electron chi connectivity index (χ2n) is 4.83. The van der Waals surface area contributed by atoms with Gasteiger partial charge >= 0.3 is 6.03 Å². The lowest BCUT2D eigenvalue weighted by Gasteiger charge is -2.29. The molecule has 1 atom stereocenters. The lowest BCUT2D eigenvalue weighted by molar-refractivity contribution is -0.137. The second kappa shape index (κ2) is 6.72. The number of carbonyl (C=O) groups excluding carboxylic acids is 2. The molecule has 0 aromatic heterocycles. The summed E-state index contributed by atoms with van der Waals surface area (Å²) in [7, 11) is 0. The van der Waals surface area contributed by atoms with Gasteiger partial charge in [-0.15, -0.1) is 0 Å². The molecule has 2 heterocycles. The van der Waals surface area contributed by atoms with E-state index in [0.717, 1.165) is 6.54 Å². The van der Waals surface area contributed by atoms with Gasteiger partial charge in [0.15, 0.2) is 0 Å². The van der Waals surface area contributed by atoms with Gasteiger partial charge in [-0.1, -0.05) is 0 Å². The van der Waals surface area contributed by atoms with Crippen molar-refractivity contribution in [1.82, 2.24) is 20.4 Å². The Hall–Kier alpha value is -1.34. The maximum Gasteiger partial charge on any atom is 0.317 e. The van der Waals surface area contributed by atoms with E-state index >= 15 is 0 Å². The number of amides is 3. The van der Waals surface area contributed by atoms with Crippen LogP contribution in [0.3, 0.4) is 0 Å². The zero-order valence-electron chi connectivity index (χ0n) is 11.4. The van der Waals surface area contributed by atoms with Crippen LogP contribution < -0.4 is 10.6 Å². The van der Waals surface area contributed by atoms with Crippen molar-refractivity contribution in [3.63, 3.8) is 0 Å². The van der Waals surface area contributed by atoms with Gasteiger partial charge in [-0.2, -0.15) is 0 Å². The predicted molar refractivity (Wildman–Crippen MR) is 69.8 cm³/mol. The number of urea groups is 1. The van der Waals surface area contributed by atoms with E-state index in [0.29, 0.717) is 45.9 Å². The molecule has 7 heteroatoms. The molecular weight excluding hydrogens is 248 g/mol. The molecule has 1 unspecified atom stereocenters. The zero-order valence-corrected chi connectivity index (χ0v) is 11.4. The Morgan fingerprint density at radius 3 is 2.79 bits per heavy atom. The van der Waals surface area contributed by atoms with E-state index in [1.165, 1.54) is 0 Å². The first-order chi connectivity index (χ1) is 9.18. The third kappa shape index (κ3) is 3.81. The van der Waals surface area contributed by atoms with Crippen molar-refractivity contribution in [2.45, 2.75) is 13.0 Å². The van der Waals surface area contributed by atoms with Gasteiger partial charge in [0.2, 0.25) is 5.91 Å². The number of ether oxygens (including phenoxy) is 1. The number of hydrogen-bond acceptors (Lipinski definition) is 4. The van der Waals surface area contributed by atoms with E-state index < -0.39 is 0 Å². The van der Waals surface area contributed by atoms with Crippen LogP contribution in [0.5, 0.6) is 0 Å². The number of carbonyl (C=O) groups is 2. The third-order valence-electron chi connectivity index (χ3n) is 3.47. The Morgan fingerprint density at radius 2 is 2.16 bits per heavy atom. The molecule has 2 rings (SSSR count). The molecule has 108 valence electrons. The van der Waals surface area contributed by atoms with Crippen molar-refractivity contribution in [3.05, 3.63) is 0 Å². The number of nitrogens with one attached hydrogen (secondary N) is 2. The Morgan fingerprint density at radius 1 is 1.42 bits per heavy atom. The molecule has 0 bridgehead atoms. The van der Waals surface area contributed by atoms with Crippen molar-refractivity contribution in [2.75, 3.05) is 52.5 Å². The standard InChI is InChI=1S/C12H22N4O3/c1-10(11(17)15-6-8-19-9-7-15)13-2-4-16-5-3-14-12(16)18/h10,13H,2-9H2,1H3,(H,14,18). The van der Waals surface area contributed by atoms with E-state index in [1.54, 1.807) is 4.90 Å². The van der Waals surface area contributed by atoms with Crippen LogP contribution in [0, 0.1) is 0 Å². The largest absolute Gasteiger partial charge is 0.378 e. The highest BCUT2D eigenvalue weighted by atomic mass is 16.5. The number of hydrogen-bond donors (Lipinski definition) is 2. The lowest BCUT2D eigenvalue weighted by atomic mass is 10.2. The molecule has 2 fully saturated rings. The fourth-order valence-electron chi connectivity index (χ4n) is 2.29. The van der Waals surface area contributed by atoms with Crippen molar-refractivity contribution in [1.29, 1.82) is 0 Å². The fraction of sp³-hybridized carbons (Fsp3) is 0.833. The van der Waals surface area contributed by atoms with E-state index in [-0.39, 0.29) is 18.0 Å². The molecule has 0 radical (unpaired) electrons. The Balaban J connectivity index is 1.67. The number of morpholine rings is 1. The van der Waals surface area contributed by atoms with Crippen LogP contribution >= 0.6 is 0 Å². The SMILES string of the molecule is CC(NCCN1CCNC1=O)C(=O)N1CCOCC1. The normalized spacial score (nSPS) is 21.4. The molecule has 19 heavy (non-hydrogen) atoms. The van der Waals surface area contributed by atoms with E-state index in [4.69, 9.17) is 4.74 Å². The van der Waals surface area contributed by atoms with E-state index in [1.807, 2.05) is 11.8 Å². The smallest absolute Gasteiger partial charge is 0.317 e. The van der Waals surface area contributed by atoms with Gasteiger partial charge in [-0.25, -0.2) is 4.79 Å². The minimum atomic E-state index is -0.219. The topological polar surface area (TPSA) is 73.9 Å². The molecule has 0 aromatic carbocycles. The molecular formula is C12H22N4O3. The van der Waals surface area contributed by atoms with Crippen LogP contribution in [0.1, 0.15) is 6.92 Å². The monoisotopic (exact) mass is 270 g/mol. The molecule has 2 saturated heterocycles. The predicted octanol–water partition coefficient (Wildman–Crippen LogP) is -1.15. The van der Waals surface area contributed by atoms with Crippen molar-refractivity contribution in [2.24, 2.45) is 0 Å². The van der Waals surface area contributed by atoms with E-state index in [2.05, 4.69) is 10.6 Å². The highest BCUT2D eigenvalue weighted by molar-refractivity contribution is 5.81. The molecule has 3 amide bonds. The summed E-state index contributed by atoms with van der Waals surface area (Å²) in [5.74, 6) is 0.106. The first-order valence-electron chi connectivity index (χ1n) is 6.81. The molecule has 0 spiro atoms. The summed E-state index contributed by atoms with van der Waals surface area (Å²) in [5, 5.41) is 5.93. The van der Waals surface area contributed by atoms with Crippen LogP contribution in [0.15, 0.2) is 0 Å². The summed E-state index contributed by atoms with van der Waals surface area (Å²) in [6, 6.07) is -0.238. The molecule has 2 aliphatic heterocycles. The lowest BCUT2D eigenvalue weighted by Crippen LogP contribution is -2.50. The average molecular weight is 270 g/mol. The summed E-state index contributed by atoms with van der Waals surface area (Å²) in [4.78, 5) is 27.0. The molecule has 2 aliphatic rings. The number of rotatable bonds is 5. The van der Waals surface area contributed by atoms with Gasteiger partial charge in [-0.05, 0) is 6.92 Å². The first-order valence-corrected chi connectivity index (χ1v) is 6.81. The van der Waals surface area contributed by atoms with Crippen LogP contribution in [0.4, 0.5) is 4.79 Å². The summed E-state index contributed by atoms with van der Waals surface area (Å²) in [6.45, 7) is 7.14. The second-order valence-corrected chi connectivity index (χ2v) is 4.83. The molecule has 7 nitrogen and oxygen atoms in total. The third-order valence-corrected chi connectivity index (χ3v) is 3.47. The number of nitrogens with zero attached hydrogens (tertiary/aromatic N) is 2. The highest BCUT2D eigenvalue weighted by Crippen LogP contribution is 2.01. The molecule has 2 N–H and O–H groups in total. The first kappa shape index (κ1) is 14.1. The van der Waals surface area contributed by atoms with E-state index in [9.17, 15) is 9.59 Å². The Bertz CT molecular complexity index is 331. The minimum absolute atomic E-state index is 0.0195. The summed E-state index contributed by atoms with van der Waals surface area (Å²) in [5.41, 5.74) is 0. The highest BCUT2D eigenvalue weighted by Gasteiger charge is 2.23. The van der Waals surface area contributed by atoms with Gasteiger partial charge in [-0.3, -0.25) is 4.79 Å². The summed E-state index contributed by atoms with van der Waals surface area (Å²) >= 11 is 0. The van der Waals surface area contributed by atoms with Gasteiger partial charge in [0.25, 0.3) is 0 Å². The van der Waals surface area contributed by atoms with Gasteiger partial charge < -0.3 is 25.2 Å². The zero-order chi connectivity index (χ0) is 13.7. The Labute approximate surface area is 113 Å². The summed E-state index contributed by atoms with van der Waals surface area (Å²) in [6.07, 6.45) is 0. The van der Waals surface area contributed by atoms with Crippen LogP contribution in [0.2, 0.25) is 0 Å². The van der Waals surface area contributed by atoms with Crippen LogP contribution in [0.25, 0.3) is 0 Å². The molecule has 0 saturated carbocycles. The maximum atomic E-state index is 12.1. The molecule has 0 aliphatic carbocycles. The maximum absolute atomic E-state index is 12.1. The van der Waals surface area contributed by atoms with Crippen molar-refractivity contribution >= 4 is 11.9 Å².